The molecular formula is C15H15ClF6N6O. The van der Waals surface area contributed by atoms with E-state index in [4.69, 9.17) is 11.6 Å². The van der Waals surface area contributed by atoms with E-state index in [0.717, 1.165) is 9.25 Å². The lowest BCUT2D eigenvalue weighted by molar-refractivity contribution is -0.149. The van der Waals surface area contributed by atoms with Crippen molar-refractivity contribution >= 4 is 17.5 Å². The Bertz CT molecular complexity index is 948. The van der Waals surface area contributed by atoms with Gasteiger partial charge in [0.25, 0.3) is 0 Å². The molecule has 0 N–H and O–H groups in total. The molecule has 2 aromatic heterocycles. The highest BCUT2D eigenvalue weighted by Crippen LogP contribution is 2.37. The van der Waals surface area contributed by atoms with Gasteiger partial charge in [0.1, 0.15) is 6.04 Å². The molecule has 0 aromatic carbocycles. The lowest BCUT2D eigenvalue weighted by Crippen LogP contribution is -2.44. The molecule has 1 aliphatic rings. The van der Waals surface area contributed by atoms with Gasteiger partial charge >= 0.3 is 12.4 Å². The third-order valence-electron chi connectivity index (χ3n) is 4.79. The number of nitrogens with zero attached hydrogens (tertiary/aromatic N) is 6. The smallest absolute Gasteiger partial charge is 0.329 e. The van der Waals surface area contributed by atoms with Crippen LogP contribution in [0.15, 0.2) is 0 Å². The van der Waals surface area contributed by atoms with Crippen molar-refractivity contribution < 1.29 is 31.1 Å². The fourth-order valence-corrected chi connectivity index (χ4v) is 3.53. The molecule has 0 fully saturated rings. The van der Waals surface area contributed by atoms with Crippen LogP contribution in [0.3, 0.4) is 0 Å². The molecule has 0 radical (unpaired) electrons. The van der Waals surface area contributed by atoms with Crippen molar-refractivity contribution in [3.63, 3.8) is 0 Å². The number of carbonyl (C=O) groups excluding carboxylic acids is 1. The first-order valence-electron chi connectivity index (χ1n) is 8.37. The maximum Gasteiger partial charge on any atom is 0.451 e. The van der Waals surface area contributed by atoms with Gasteiger partial charge in [0, 0.05) is 13.1 Å². The molecule has 3 heterocycles. The second-order valence-corrected chi connectivity index (χ2v) is 6.98. The lowest BCUT2D eigenvalue weighted by Gasteiger charge is -2.35. The van der Waals surface area contributed by atoms with Crippen molar-refractivity contribution in [3.05, 3.63) is 28.1 Å². The standard InChI is InChI=1S/C15H15ClF6N6O/c1-6-9(16)10(14(17,18)19)25-28(6)8(3)12(29)26-4-5-27-11(7(26)2)23-24-13(27)15(20,21)22/h7-8H,4-5H2,1-3H3. The Morgan fingerprint density at radius 1 is 1.14 bits per heavy atom. The van der Waals surface area contributed by atoms with Crippen LogP contribution in [0.1, 0.15) is 49.0 Å². The highest BCUT2D eigenvalue weighted by Gasteiger charge is 2.43. The van der Waals surface area contributed by atoms with Crippen LogP contribution in [0.5, 0.6) is 0 Å². The van der Waals surface area contributed by atoms with E-state index in [-0.39, 0.29) is 24.6 Å². The predicted octanol–water partition coefficient (Wildman–Crippen LogP) is 3.64. The van der Waals surface area contributed by atoms with Gasteiger partial charge in [-0.1, -0.05) is 11.6 Å². The summed E-state index contributed by atoms with van der Waals surface area (Å²) >= 11 is 5.72. The Labute approximate surface area is 165 Å². The van der Waals surface area contributed by atoms with Gasteiger partial charge < -0.3 is 9.47 Å². The molecule has 7 nitrogen and oxygen atoms in total. The molecule has 0 bridgehead atoms. The van der Waals surface area contributed by atoms with Crippen LogP contribution < -0.4 is 0 Å². The van der Waals surface area contributed by atoms with E-state index in [1.165, 1.54) is 25.7 Å². The van der Waals surface area contributed by atoms with Crippen molar-refractivity contribution in [1.29, 1.82) is 0 Å². The molecule has 0 spiro atoms. The Kier molecular flexibility index (Phi) is 5.08. The van der Waals surface area contributed by atoms with Gasteiger partial charge in [-0.3, -0.25) is 9.48 Å². The number of hydrogen-bond acceptors (Lipinski definition) is 4. The number of fused-ring (bicyclic) bond motifs is 1. The molecule has 0 saturated carbocycles. The molecule has 0 saturated heterocycles. The highest BCUT2D eigenvalue weighted by atomic mass is 35.5. The Hall–Kier alpha value is -2.31. The van der Waals surface area contributed by atoms with E-state index in [1.54, 1.807) is 0 Å². The molecule has 1 aliphatic heterocycles. The fourth-order valence-electron chi connectivity index (χ4n) is 3.30. The number of aromatic nitrogens is 5. The molecule has 160 valence electrons. The second-order valence-electron chi connectivity index (χ2n) is 6.61. The SMILES string of the molecule is Cc1c(Cl)c(C(F)(F)F)nn1C(C)C(=O)N1CCn2c(nnc2C(F)(F)F)C1C. The van der Waals surface area contributed by atoms with Crippen molar-refractivity contribution in [2.24, 2.45) is 0 Å². The topological polar surface area (TPSA) is 68.8 Å². The lowest BCUT2D eigenvalue weighted by atomic mass is 10.1. The summed E-state index contributed by atoms with van der Waals surface area (Å²) in [6.45, 7) is 3.80. The summed E-state index contributed by atoms with van der Waals surface area (Å²) in [5.74, 6) is -1.85. The van der Waals surface area contributed by atoms with Crippen molar-refractivity contribution in [2.45, 2.75) is 51.8 Å². The summed E-state index contributed by atoms with van der Waals surface area (Å²) in [6, 6.07) is -2.03. The summed E-state index contributed by atoms with van der Waals surface area (Å²) < 4.78 is 79.8. The molecule has 2 aromatic rings. The van der Waals surface area contributed by atoms with Crippen molar-refractivity contribution in [2.75, 3.05) is 6.54 Å². The predicted molar refractivity (Wildman–Crippen MR) is 86.8 cm³/mol. The summed E-state index contributed by atoms with van der Waals surface area (Å²) in [5.41, 5.74) is -1.36. The number of rotatable bonds is 2. The number of alkyl halides is 6. The van der Waals surface area contributed by atoms with Gasteiger partial charge in [0.05, 0.1) is 16.8 Å². The Morgan fingerprint density at radius 2 is 1.76 bits per heavy atom. The third kappa shape index (κ3) is 3.55. The molecule has 29 heavy (non-hydrogen) atoms. The molecule has 0 aliphatic carbocycles. The summed E-state index contributed by atoms with van der Waals surface area (Å²) in [6.07, 6.45) is -9.49. The van der Waals surface area contributed by atoms with Gasteiger partial charge in [-0.15, -0.1) is 10.2 Å². The molecule has 3 rings (SSSR count). The van der Waals surface area contributed by atoms with Gasteiger partial charge in [0.2, 0.25) is 11.7 Å². The number of amides is 1. The van der Waals surface area contributed by atoms with Gasteiger partial charge in [0.15, 0.2) is 11.5 Å². The summed E-state index contributed by atoms with van der Waals surface area (Å²) in [4.78, 5) is 14.1. The van der Waals surface area contributed by atoms with Crippen LogP contribution in [0.25, 0.3) is 0 Å². The first kappa shape index (κ1) is 21.4. The quantitative estimate of drug-likeness (QED) is 0.663. The maximum absolute atomic E-state index is 13.0. The fraction of sp³-hybridized carbons (Fsp3) is 0.600. The molecular weight excluding hydrogens is 430 g/mol. The molecule has 1 amide bonds. The van der Waals surface area contributed by atoms with Crippen LogP contribution in [-0.2, 0) is 23.7 Å². The van der Waals surface area contributed by atoms with E-state index in [2.05, 4.69) is 15.3 Å². The average molecular weight is 445 g/mol. The minimum atomic E-state index is -4.79. The van der Waals surface area contributed by atoms with E-state index >= 15 is 0 Å². The maximum atomic E-state index is 13.0. The van der Waals surface area contributed by atoms with Crippen molar-refractivity contribution in [3.8, 4) is 0 Å². The normalized spacial score (nSPS) is 18.7. The van der Waals surface area contributed by atoms with Crippen LogP contribution >= 0.6 is 11.6 Å². The minimum Gasteiger partial charge on any atom is -0.329 e. The highest BCUT2D eigenvalue weighted by molar-refractivity contribution is 6.32. The minimum absolute atomic E-state index is 0.0490. The van der Waals surface area contributed by atoms with Crippen LogP contribution in [0.4, 0.5) is 26.3 Å². The zero-order chi connectivity index (χ0) is 21.9. The molecule has 14 heteroatoms. The number of halogens is 7. The number of carbonyl (C=O) groups is 1. The summed E-state index contributed by atoms with van der Waals surface area (Å²) in [5, 5.41) is 9.53. The monoisotopic (exact) mass is 444 g/mol. The Morgan fingerprint density at radius 3 is 2.28 bits per heavy atom. The van der Waals surface area contributed by atoms with Gasteiger partial charge in [-0.2, -0.15) is 31.4 Å². The van der Waals surface area contributed by atoms with Gasteiger partial charge in [-0.05, 0) is 20.8 Å². The van der Waals surface area contributed by atoms with Crippen LogP contribution in [0.2, 0.25) is 5.02 Å². The zero-order valence-corrected chi connectivity index (χ0v) is 16.1. The Balaban J connectivity index is 1.89. The largest absolute Gasteiger partial charge is 0.451 e. The van der Waals surface area contributed by atoms with Crippen molar-refractivity contribution in [1.82, 2.24) is 29.4 Å². The van der Waals surface area contributed by atoms with E-state index in [1.807, 2.05) is 0 Å². The van der Waals surface area contributed by atoms with Gasteiger partial charge in [-0.25, -0.2) is 0 Å². The molecule has 2 atom stereocenters. The third-order valence-corrected chi connectivity index (χ3v) is 5.24. The zero-order valence-electron chi connectivity index (χ0n) is 15.3. The molecule has 2 unspecified atom stereocenters. The summed E-state index contributed by atoms with van der Waals surface area (Å²) in [7, 11) is 0. The van der Waals surface area contributed by atoms with E-state index in [9.17, 15) is 31.1 Å². The van der Waals surface area contributed by atoms with Crippen LogP contribution in [0, 0.1) is 6.92 Å². The second kappa shape index (κ2) is 6.89. The van der Waals surface area contributed by atoms with E-state index in [0.29, 0.717) is 0 Å². The van der Waals surface area contributed by atoms with Crippen LogP contribution in [-0.4, -0.2) is 41.9 Å². The van der Waals surface area contributed by atoms with E-state index < -0.39 is 46.9 Å². The first-order valence-corrected chi connectivity index (χ1v) is 8.75. The first-order chi connectivity index (χ1) is 13.2. The average Bonchev–Trinajstić information content (AvgIpc) is 3.16. The number of hydrogen-bond donors (Lipinski definition) is 0.